The van der Waals surface area contributed by atoms with Crippen molar-refractivity contribution in [3.05, 3.63) is 33.8 Å². The molecule has 0 bridgehead atoms. The number of hydrogen-bond acceptors (Lipinski definition) is 2. The van der Waals surface area contributed by atoms with Crippen LogP contribution >= 0.6 is 15.9 Å². The monoisotopic (exact) mass is 339 g/mol. The first-order valence-electron chi connectivity index (χ1n) is 5.36. The smallest absolute Gasteiger partial charge is 0.268 e. The van der Waals surface area contributed by atoms with Crippen LogP contribution in [0.15, 0.2) is 22.7 Å². The van der Waals surface area contributed by atoms with Crippen LogP contribution in [0.5, 0.6) is 0 Å². The summed E-state index contributed by atoms with van der Waals surface area (Å²) < 4.78 is 38.7. The van der Waals surface area contributed by atoms with Crippen LogP contribution in [0.2, 0.25) is 0 Å². The van der Waals surface area contributed by atoms with Gasteiger partial charge in [0.15, 0.2) is 0 Å². The Balaban J connectivity index is 3.03. The molecule has 19 heavy (non-hydrogen) atoms. The molecule has 0 aliphatic heterocycles. The Bertz CT molecular complexity index is 481. The van der Waals surface area contributed by atoms with Crippen molar-refractivity contribution >= 4 is 21.8 Å². The van der Waals surface area contributed by atoms with Gasteiger partial charge in [-0.2, -0.15) is 13.2 Å². The Kier molecular flexibility index (Phi) is 4.63. The van der Waals surface area contributed by atoms with Crippen molar-refractivity contribution in [2.24, 2.45) is 0 Å². The van der Waals surface area contributed by atoms with Crippen LogP contribution in [0.4, 0.5) is 13.2 Å². The fraction of sp³-hybridized carbons (Fsp3) is 0.417. The van der Waals surface area contributed by atoms with E-state index in [0.29, 0.717) is 0 Å². The second-order valence-corrected chi connectivity index (χ2v) is 5.75. The van der Waals surface area contributed by atoms with Gasteiger partial charge >= 0.3 is 6.18 Å². The van der Waals surface area contributed by atoms with E-state index in [2.05, 4.69) is 15.9 Å². The predicted octanol–water partition coefficient (Wildman–Crippen LogP) is 3.93. The van der Waals surface area contributed by atoms with E-state index in [1.807, 2.05) is 5.48 Å². The molecule has 1 amide bonds. The van der Waals surface area contributed by atoms with Gasteiger partial charge in [-0.3, -0.25) is 9.63 Å². The number of carbonyl (C=O) groups is 1. The summed E-state index contributed by atoms with van der Waals surface area (Å²) >= 11 is 2.95. The highest BCUT2D eigenvalue weighted by atomic mass is 79.9. The maximum atomic E-state index is 12.8. The lowest BCUT2D eigenvalue weighted by molar-refractivity contribution is -0.138. The van der Waals surface area contributed by atoms with Crippen molar-refractivity contribution in [2.75, 3.05) is 0 Å². The molecule has 106 valence electrons. The van der Waals surface area contributed by atoms with Crippen LogP contribution in [-0.4, -0.2) is 11.5 Å². The Morgan fingerprint density at radius 2 is 1.84 bits per heavy atom. The fourth-order valence-electron chi connectivity index (χ4n) is 1.20. The van der Waals surface area contributed by atoms with E-state index in [4.69, 9.17) is 4.84 Å². The van der Waals surface area contributed by atoms with Crippen molar-refractivity contribution in [3.63, 3.8) is 0 Å². The molecule has 0 aliphatic rings. The number of benzene rings is 1. The van der Waals surface area contributed by atoms with Gasteiger partial charge in [0.1, 0.15) is 0 Å². The second kappa shape index (κ2) is 5.50. The first-order valence-corrected chi connectivity index (χ1v) is 6.15. The molecule has 0 unspecified atom stereocenters. The van der Waals surface area contributed by atoms with E-state index < -0.39 is 28.8 Å². The zero-order valence-corrected chi connectivity index (χ0v) is 12.1. The summed E-state index contributed by atoms with van der Waals surface area (Å²) in [7, 11) is 0. The molecule has 1 rings (SSSR count). The molecule has 0 atom stereocenters. The van der Waals surface area contributed by atoms with Crippen LogP contribution in [0.3, 0.4) is 0 Å². The van der Waals surface area contributed by atoms with Gasteiger partial charge < -0.3 is 0 Å². The summed E-state index contributed by atoms with van der Waals surface area (Å²) in [5.41, 5.74) is -0.177. The minimum Gasteiger partial charge on any atom is -0.268 e. The van der Waals surface area contributed by atoms with Crippen LogP contribution in [0.1, 0.15) is 36.7 Å². The largest absolute Gasteiger partial charge is 0.417 e. The lowest BCUT2D eigenvalue weighted by Gasteiger charge is -2.20. The minimum atomic E-state index is -4.61. The number of hydroxylamine groups is 1. The minimum absolute atomic E-state index is 0.244. The van der Waals surface area contributed by atoms with E-state index >= 15 is 0 Å². The molecule has 0 heterocycles. The van der Waals surface area contributed by atoms with Gasteiger partial charge in [0, 0.05) is 4.47 Å². The first kappa shape index (κ1) is 16.0. The number of rotatable bonds is 2. The summed E-state index contributed by atoms with van der Waals surface area (Å²) in [6.07, 6.45) is -4.61. The Morgan fingerprint density at radius 1 is 1.26 bits per heavy atom. The third kappa shape index (κ3) is 4.83. The summed E-state index contributed by atoms with van der Waals surface area (Å²) in [5, 5.41) is 0. The highest BCUT2D eigenvalue weighted by Crippen LogP contribution is 2.33. The van der Waals surface area contributed by atoms with Crippen LogP contribution < -0.4 is 5.48 Å². The van der Waals surface area contributed by atoms with E-state index in [0.717, 1.165) is 12.1 Å². The van der Waals surface area contributed by atoms with Gasteiger partial charge in [0.2, 0.25) is 0 Å². The molecule has 1 aromatic carbocycles. The fourth-order valence-corrected chi connectivity index (χ4v) is 1.56. The topological polar surface area (TPSA) is 38.3 Å². The zero-order valence-electron chi connectivity index (χ0n) is 10.6. The van der Waals surface area contributed by atoms with E-state index in [-0.39, 0.29) is 4.47 Å². The lowest BCUT2D eigenvalue weighted by Crippen LogP contribution is -2.34. The number of carbonyl (C=O) groups excluding carboxylic acids is 1. The number of halogens is 4. The van der Waals surface area contributed by atoms with Gasteiger partial charge in [-0.1, -0.05) is 15.9 Å². The predicted molar refractivity (Wildman–Crippen MR) is 67.4 cm³/mol. The van der Waals surface area contributed by atoms with E-state index in [1.165, 1.54) is 6.07 Å². The summed E-state index contributed by atoms with van der Waals surface area (Å²) in [4.78, 5) is 16.7. The Labute approximate surface area is 117 Å². The third-order valence-electron chi connectivity index (χ3n) is 1.98. The van der Waals surface area contributed by atoms with E-state index in [9.17, 15) is 18.0 Å². The summed E-state index contributed by atoms with van der Waals surface area (Å²) in [6, 6.07) is 3.31. The van der Waals surface area contributed by atoms with Crippen molar-refractivity contribution < 1.29 is 22.8 Å². The quantitative estimate of drug-likeness (QED) is 0.829. The summed E-state index contributed by atoms with van der Waals surface area (Å²) in [6.45, 7) is 5.00. The third-order valence-corrected chi connectivity index (χ3v) is 2.47. The van der Waals surface area contributed by atoms with Crippen LogP contribution in [0.25, 0.3) is 0 Å². The molecule has 1 N–H and O–H groups in total. The summed E-state index contributed by atoms with van der Waals surface area (Å²) in [5.74, 6) is -0.935. The normalized spacial score (nSPS) is 12.4. The van der Waals surface area contributed by atoms with E-state index in [1.54, 1.807) is 20.8 Å². The Morgan fingerprint density at radius 3 is 2.32 bits per heavy atom. The average Bonchev–Trinajstić information content (AvgIpc) is 2.23. The number of alkyl halides is 3. The molecule has 0 aromatic heterocycles. The molecule has 1 aromatic rings. The van der Waals surface area contributed by atoms with Crippen molar-refractivity contribution in [3.8, 4) is 0 Å². The number of hydrogen-bond donors (Lipinski definition) is 1. The van der Waals surface area contributed by atoms with Crippen molar-refractivity contribution in [1.82, 2.24) is 5.48 Å². The molecule has 0 saturated heterocycles. The highest BCUT2D eigenvalue weighted by Gasteiger charge is 2.35. The maximum absolute atomic E-state index is 12.8. The molecular formula is C12H13BrF3NO2. The van der Waals surface area contributed by atoms with Crippen LogP contribution in [0, 0.1) is 0 Å². The Hall–Kier alpha value is -1.08. The van der Waals surface area contributed by atoms with Gasteiger partial charge in [-0.25, -0.2) is 5.48 Å². The average molecular weight is 340 g/mol. The molecule has 7 heteroatoms. The highest BCUT2D eigenvalue weighted by molar-refractivity contribution is 9.10. The molecule has 0 saturated carbocycles. The van der Waals surface area contributed by atoms with Gasteiger partial charge in [-0.05, 0) is 39.0 Å². The van der Waals surface area contributed by atoms with Gasteiger partial charge in [0.05, 0.1) is 16.7 Å². The molecule has 0 aliphatic carbocycles. The van der Waals surface area contributed by atoms with Crippen LogP contribution in [-0.2, 0) is 11.0 Å². The molecule has 0 radical (unpaired) electrons. The molecule has 3 nitrogen and oxygen atoms in total. The first-order chi connectivity index (χ1) is 8.50. The molecule has 0 fully saturated rings. The second-order valence-electron chi connectivity index (χ2n) is 4.83. The SMILES string of the molecule is CC(C)(C)ONC(=O)c1ccc(Br)cc1C(F)(F)F. The molecular weight excluding hydrogens is 327 g/mol. The maximum Gasteiger partial charge on any atom is 0.417 e. The molecule has 0 spiro atoms. The number of nitrogens with one attached hydrogen (secondary N) is 1. The zero-order chi connectivity index (χ0) is 14.8. The van der Waals surface area contributed by atoms with Crippen molar-refractivity contribution in [2.45, 2.75) is 32.5 Å². The van der Waals surface area contributed by atoms with Gasteiger partial charge in [-0.15, -0.1) is 0 Å². The standard InChI is InChI=1S/C12H13BrF3NO2/c1-11(2,3)19-17-10(18)8-5-4-7(13)6-9(8)12(14,15)16/h4-6H,1-3H3,(H,17,18). The van der Waals surface area contributed by atoms with Crippen molar-refractivity contribution in [1.29, 1.82) is 0 Å². The lowest BCUT2D eigenvalue weighted by atomic mass is 10.1. The van der Waals surface area contributed by atoms with Gasteiger partial charge in [0.25, 0.3) is 5.91 Å². The number of amides is 1.